The molecule has 1 aromatic rings. The molecule has 5 heteroatoms. The van der Waals surface area contributed by atoms with Crippen LogP contribution in [0.4, 0.5) is 0 Å². The van der Waals surface area contributed by atoms with Crippen LogP contribution in [0.3, 0.4) is 0 Å². The molecule has 1 N–H and O–H groups in total. The molecule has 106 valence electrons. The summed E-state index contributed by atoms with van der Waals surface area (Å²) in [6, 6.07) is 5.70. The minimum absolute atomic E-state index is 0.135. The lowest BCUT2D eigenvalue weighted by molar-refractivity contribution is 0.0755. The highest BCUT2D eigenvalue weighted by molar-refractivity contribution is 7.99. The van der Waals surface area contributed by atoms with E-state index in [4.69, 9.17) is 9.47 Å². The molecule has 19 heavy (non-hydrogen) atoms. The quantitative estimate of drug-likeness (QED) is 0.912. The van der Waals surface area contributed by atoms with Crippen LogP contribution in [-0.2, 0) is 0 Å². The second-order valence-corrected chi connectivity index (χ2v) is 5.86. The molecule has 4 nitrogen and oxygen atoms in total. The number of aliphatic hydroxyl groups is 1. The predicted molar refractivity (Wildman–Crippen MR) is 78.2 cm³/mol. The van der Waals surface area contributed by atoms with Crippen molar-refractivity contribution in [3.63, 3.8) is 0 Å². The van der Waals surface area contributed by atoms with Crippen LogP contribution in [-0.4, -0.2) is 55.4 Å². The Balaban J connectivity index is 2.24. The lowest BCUT2D eigenvalue weighted by Crippen LogP contribution is -2.43. The minimum Gasteiger partial charge on any atom is -0.497 e. The Morgan fingerprint density at radius 3 is 2.42 bits per heavy atom. The minimum atomic E-state index is -0.526. The topological polar surface area (TPSA) is 41.9 Å². The van der Waals surface area contributed by atoms with Crippen LogP contribution >= 0.6 is 11.8 Å². The molecule has 0 spiro atoms. The number of aliphatic hydroxyl groups excluding tert-OH is 1. The Morgan fingerprint density at radius 1 is 1.26 bits per heavy atom. The maximum Gasteiger partial charge on any atom is 0.122 e. The van der Waals surface area contributed by atoms with Crippen LogP contribution < -0.4 is 9.47 Å². The molecule has 0 aliphatic carbocycles. The number of likely N-dealkylation sites (N-methyl/N-ethyl adjacent to an activating group) is 1. The summed E-state index contributed by atoms with van der Waals surface area (Å²) in [7, 11) is 5.30. The van der Waals surface area contributed by atoms with Crippen LogP contribution in [0.5, 0.6) is 11.5 Å². The van der Waals surface area contributed by atoms with Crippen molar-refractivity contribution in [2.24, 2.45) is 0 Å². The number of methoxy groups -OCH3 is 2. The maximum atomic E-state index is 10.6. The molecule has 0 saturated carbocycles. The average Bonchev–Trinajstić information content (AvgIpc) is 2.46. The number of thioether (sulfide) groups is 1. The van der Waals surface area contributed by atoms with Crippen molar-refractivity contribution < 1.29 is 14.6 Å². The number of rotatable bonds is 4. The fourth-order valence-corrected chi connectivity index (χ4v) is 3.52. The van der Waals surface area contributed by atoms with Gasteiger partial charge in [-0.25, -0.2) is 0 Å². The summed E-state index contributed by atoms with van der Waals surface area (Å²) in [5, 5.41) is 10.6. The van der Waals surface area contributed by atoms with Crippen LogP contribution in [0, 0.1) is 0 Å². The molecule has 1 fully saturated rings. The monoisotopic (exact) mass is 283 g/mol. The predicted octanol–water partition coefficient (Wildman–Crippen LogP) is 1.78. The van der Waals surface area contributed by atoms with Gasteiger partial charge >= 0.3 is 0 Å². The van der Waals surface area contributed by atoms with Crippen molar-refractivity contribution in [1.29, 1.82) is 0 Å². The van der Waals surface area contributed by atoms with Crippen molar-refractivity contribution in [3.05, 3.63) is 23.8 Å². The van der Waals surface area contributed by atoms with Gasteiger partial charge in [0.1, 0.15) is 11.5 Å². The zero-order valence-corrected chi connectivity index (χ0v) is 12.4. The van der Waals surface area contributed by atoms with E-state index in [2.05, 4.69) is 11.9 Å². The van der Waals surface area contributed by atoms with Gasteiger partial charge in [0.05, 0.1) is 20.3 Å². The fourth-order valence-electron chi connectivity index (χ4n) is 2.26. The van der Waals surface area contributed by atoms with Gasteiger partial charge in [0.2, 0.25) is 0 Å². The van der Waals surface area contributed by atoms with E-state index in [0.717, 1.165) is 23.6 Å². The van der Waals surface area contributed by atoms with Gasteiger partial charge in [-0.3, -0.25) is 4.90 Å². The second kappa shape index (κ2) is 6.50. The SMILES string of the molecule is COc1cc(OC)cc(C(O)C2CSCCN2C)c1. The molecule has 1 aliphatic heterocycles. The van der Waals surface area contributed by atoms with Gasteiger partial charge in [-0.15, -0.1) is 0 Å². The largest absolute Gasteiger partial charge is 0.497 e. The molecule has 1 aliphatic rings. The zero-order chi connectivity index (χ0) is 13.8. The van der Waals surface area contributed by atoms with Crippen LogP contribution in [0.2, 0.25) is 0 Å². The van der Waals surface area contributed by atoms with Gasteiger partial charge in [0.15, 0.2) is 0 Å². The lowest BCUT2D eigenvalue weighted by atomic mass is 10.0. The molecule has 1 heterocycles. The number of ether oxygens (including phenoxy) is 2. The highest BCUT2D eigenvalue weighted by atomic mass is 32.2. The van der Waals surface area contributed by atoms with E-state index in [1.807, 2.05) is 30.0 Å². The number of benzene rings is 1. The average molecular weight is 283 g/mol. The molecule has 0 bridgehead atoms. The van der Waals surface area contributed by atoms with Crippen molar-refractivity contribution in [2.45, 2.75) is 12.1 Å². The standard InChI is InChI=1S/C14H21NO3S/c1-15-4-5-19-9-13(15)14(16)10-6-11(17-2)8-12(7-10)18-3/h6-8,13-14,16H,4-5,9H2,1-3H3. The Bertz CT molecular complexity index is 405. The molecular formula is C14H21NO3S. The van der Waals surface area contributed by atoms with Crippen LogP contribution in [0.1, 0.15) is 11.7 Å². The van der Waals surface area contributed by atoms with E-state index < -0.39 is 6.10 Å². The summed E-state index contributed by atoms with van der Waals surface area (Å²) in [6.07, 6.45) is -0.526. The maximum absolute atomic E-state index is 10.6. The first-order chi connectivity index (χ1) is 9.15. The van der Waals surface area contributed by atoms with Crippen molar-refractivity contribution in [2.75, 3.05) is 39.3 Å². The molecule has 2 atom stereocenters. The van der Waals surface area contributed by atoms with Crippen molar-refractivity contribution >= 4 is 11.8 Å². The number of nitrogens with zero attached hydrogens (tertiary/aromatic N) is 1. The third kappa shape index (κ3) is 3.35. The molecule has 0 radical (unpaired) electrons. The van der Waals surface area contributed by atoms with E-state index in [9.17, 15) is 5.11 Å². The first-order valence-electron chi connectivity index (χ1n) is 6.34. The van der Waals surface area contributed by atoms with E-state index in [1.165, 1.54) is 0 Å². The fraction of sp³-hybridized carbons (Fsp3) is 0.571. The molecule has 0 amide bonds. The summed E-state index contributed by atoms with van der Waals surface area (Å²) in [4.78, 5) is 2.22. The first kappa shape index (κ1) is 14.5. The summed E-state index contributed by atoms with van der Waals surface area (Å²) >= 11 is 1.89. The third-order valence-corrected chi connectivity index (χ3v) is 4.57. The highest BCUT2D eigenvalue weighted by Gasteiger charge is 2.28. The van der Waals surface area contributed by atoms with Gasteiger partial charge in [0.25, 0.3) is 0 Å². The summed E-state index contributed by atoms with van der Waals surface area (Å²) in [5.74, 6) is 3.48. The molecule has 2 rings (SSSR count). The Labute approximate surface area is 118 Å². The lowest BCUT2D eigenvalue weighted by Gasteiger charge is -2.35. The highest BCUT2D eigenvalue weighted by Crippen LogP contribution is 2.31. The van der Waals surface area contributed by atoms with E-state index >= 15 is 0 Å². The summed E-state index contributed by atoms with van der Waals surface area (Å²) in [6.45, 7) is 1.01. The summed E-state index contributed by atoms with van der Waals surface area (Å²) < 4.78 is 10.5. The summed E-state index contributed by atoms with van der Waals surface area (Å²) in [5.41, 5.74) is 0.843. The van der Waals surface area contributed by atoms with Crippen molar-refractivity contribution in [3.8, 4) is 11.5 Å². The van der Waals surface area contributed by atoms with Gasteiger partial charge in [-0.05, 0) is 24.7 Å². The molecule has 2 unspecified atom stereocenters. The van der Waals surface area contributed by atoms with Crippen LogP contribution in [0.25, 0.3) is 0 Å². The van der Waals surface area contributed by atoms with E-state index in [1.54, 1.807) is 14.2 Å². The van der Waals surface area contributed by atoms with E-state index in [0.29, 0.717) is 11.5 Å². The molecular weight excluding hydrogens is 262 g/mol. The van der Waals surface area contributed by atoms with Gasteiger partial charge < -0.3 is 14.6 Å². The van der Waals surface area contributed by atoms with Crippen molar-refractivity contribution in [1.82, 2.24) is 4.90 Å². The molecule has 1 saturated heterocycles. The Morgan fingerprint density at radius 2 is 1.89 bits per heavy atom. The zero-order valence-electron chi connectivity index (χ0n) is 11.6. The van der Waals surface area contributed by atoms with E-state index in [-0.39, 0.29) is 6.04 Å². The Kier molecular flexibility index (Phi) is 4.96. The van der Waals surface area contributed by atoms with Crippen LogP contribution in [0.15, 0.2) is 18.2 Å². The van der Waals surface area contributed by atoms with Gasteiger partial charge in [-0.2, -0.15) is 11.8 Å². The second-order valence-electron chi connectivity index (χ2n) is 4.71. The van der Waals surface area contributed by atoms with Gasteiger partial charge in [-0.1, -0.05) is 0 Å². The Hall–Kier alpha value is -0.910. The van der Waals surface area contributed by atoms with Gasteiger partial charge in [0, 0.05) is 30.2 Å². The first-order valence-corrected chi connectivity index (χ1v) is 7.50. The number of hydrogen-bond donors (Lipinski definition) is 1. The molecule has 1 aromatic carbocycles. The smallest absolute Gasteiger partial charge is 0.122 e. The normalized spacial score (nSPS) is 22.0. The third-order valence-electron chi connectivity index (χ3n) is 3.52. The number of hydrogen-bond acceptors (Lipinski definition) is 5. The molecule has 0 aromatic heterocycles.